The lowest BCUT2D eigenvalue weighted by atomic mass is 9.99. The van der Waals surface area contributed by atoms with Gasteiger partial charge in [-0.25, -0.2) is 0 Å². The number of hydrogen-bond donors (Lipinski definition) is 0. The molecule has 4 heteroatoms. The summed E-state index contributed by atoms with van der Waals surface area (Å²) in [4.78, 5) is 0.0286. The van der Waals surface area contributed by atoms with Crippen molar-refractivity contribution in [1.82, 2.24) is 0 Å². The molecule has 1 nitrogen and oxygen atoms in total. The van der Waals surface area contributed by atoms with Crippen molar-refractivity contribution < 1.29 is 4.74 Å². The van der Waals surface area contributed by atoms with Crippen LogP contribution in [0.15, 0.2) is 36.4 Å². The van der Waals surface area contributed by atoms with Gasteiger partial charge in [-0.05, 0) is 53.8 Å². The summed E-state index contributed by atoms with van der Waals surface area (Å²) in [6, 6.07) is 11.8. The number of rotatable bonds is 2. The Morgan fingerprint density at radius 3 is 2.80 bits per heavy atom. The fourth-order valence-corrected chi connectivity index (χ4v) is 3.63. The summed E-state index contributed by atoms with van der Waals surface area (Å²) in [6.07, 6.45) is 2.13. The minimum atomic E-state index is 0.0286. The predicted molar refractivity (Wildman–Crippen MR) is 87.5 cm³/mol. The van der Waals surface area contributed by atoms with E-state index in [-0.39, 0.29) is 4.83 Å². The van der Waals surface area contributed by atoms with Crippen LogP contribution < -0.4 is 4.74 Å². The minimum absolute atomic E-state index is 0.0286. The van der Waals surface area contributed by atoms with E-state index in [1.54, 1.807) is 6.07 Å². The summed E-state index contributed by atoms with van der Waals surface area (Å²) in [6.45, 7) is 0.810. The van der Waals surface area contributed by atoms with Gasteiger partial charge in [-0.3, -0.25) is 0 Å². The quantitative estimate of drug-likeness (QED) is 0.606. The standard InChI is InChI=1S/C16H13BrCl2O/c17-16(13-9-12(18)4-5-14(13)19)11-3-6-15-10(8-11)2-1-7-20-15/h3-6,8-9,16H,1-2,7H2. The molecule has 0 amide bonds. The highest BCUT2D eigenvalue weighted by atomic mass is 79.9. The Morgan fingerprint density at radius 1 is 1.10 bits per heavy atom. The summed E-state index contributed by atoms with van der Waals surface area (Å²) in [5, 5.41) is 1.40. The molecule has 0 saturated heterocycles. The number of fused-ring (bicyclic) bond motifs is 1. The SMILES string of the molecule is Clc1ccc(Cl)c(C(Br)c2ccc3c(c2)CCCO3)c1. The van der Waals surface area contributed by atoms with E-state index < -0.39 is 0 Å². The van der Waals surface area contributed by atoms with Gasteiger partial charge in [-0.2, -0.15) is 0 Å². The van der Waals surface area contributed by atoms with E-state index >= 15 is 0 Å². The summed E-state index contributed by atoms with van der Waals surface area (Å²) < 4.78 is 5.64. The monoisotopic (exact) mass is 370 g/mol. The zero-order valence-corrected chi connectivity index (χ0v) is 13.8. The molecule has 0 N–H and O–H groups in total. The first-order chi connectivity index (χ1) is 9.65. The summed E-state index contributed by atoms with van der Waals surface area (Å²) in [5.74, 6) is 0.997. The zero-order valence-electron chi connectivity index (χ0n) is 10.7. The lowest BCUT2D eigenvalue weighted by Gasteiger charge is -2.20. The molecule has 2 aromatic carbocycles. The first-order valence-corrected chi connectivity index (χ1v) is 8.17. The molecule has 3 rings (SSSR count). The predicted octanol–water partition coefficient (Wildman–Crippen LogP) is 5.80. The fraction of sp³-hybridized carbons (Fsp3) is 0.250. The van der Waals surface area contributed by atoms with E-state index in [9.17, 15) is 0 Å². The average molecular weight is 372 g/mol. The molecule has 104 valence electrons. The highest BCUT2D eigenvalue weighted by Gasteiger charge is 2.17. The third-order valence-electron chi connectivity index (χ3n) is 3.46. The Bertz CT molecular complexity index is 642. The minimum Gasteiger partial charge on any atom is -0.493 e. The van der Waals surface area contributed by atoms with E-state index in [0.29, 0.717) is 10.0 Å². The molecule has 1 atom stereocenters. The van der Waals surface area contributed by atoms with Crippen LogP contribution in [-0.2, 0) is 6.42 Å². The average Bonchev–Trinajstić information content (AvgIpc) is 2.48. The Hall–Kier alpha value is -0.700. The number of aryl methyl sites for hydroxylation is 1. The van der Waals surface area contributed by atoms with Gasteiger partial charge >= 0.3 is 0 Å². The zero-order chi connectivity index (χ0) is 14.1. The maximum atomic E-state index is 6.27. The Kier molecular flexibility index (Phi) is 4.25. The highest BCUT2D eigenvalue weighted by Crippen LogP contribution is 2.38. The van der Waals surface area contributed by atoms with E-state index in [2.05, 4.69) is 28.1 Å². The first-order valence-electron chi connectivity index (χ1n) is 6.50. The smallest absolute Gasteiger partial charge is 0.122 e. The molecule has 2 aromatic rings. The van der Waals surface area contributed by atoms with Crippen molar-refractivity contribution in [2.45, 2.75) is 17.7 Å². The van der Waals surface area contributed by atoms with Crippen LogP contribution in [0.25, 0.3) is 0 Å². The van der Waals surface area contributed by atoms with Gasteiger partial charge in [-0.1, -0.05) is 51.3 Å². The molecule has 0 radical (unpaired) electrons. The topological polar surface area (TPSA) is 9.23 Å². The van der Waals surface area contributed by atoms with Crippen molar-refractivity contribution in [3.05, 3.63) is 63.1 Å². The van der Waals surface area contributed by atoms with Crippen LogP contribution in [-0.4, -0.2) is 6.61 Å². The van der Waals surface area contributed by atoms with Crippen LogP contribution in [0.5, 0.6) is 5.75 Å². The first kappa shape index (κ1) is 14.2. The molecular formula is C16H13BrCl2O. The van der Waals surface area contributed by atoms with Crippen LogP contribution in [0, 0.1) is 0 Å². The number of hydrogen-bond acceptors (Lipinski definition) is 1. The molecule has 0 aromatic heterocycles. The maximum absolute atomic E-state index is 6.27. The van der Waals surface area contributed by atoms with Crippen LogP contribution >= 0.6 is 39.1 Å². The van der Waals surface area contributed by atoms with Gasteiger partial charge in [0.2, 0.25) is 0 Å². The fourth-order valence-electron chi connectivity index (χ4n) is 2.43. The van der Waals surface area contributed by atoms with Gasteiger partial charge in [0.1, 0.15) is 5.75 Å². The van der Waals surface area contributed by atoms with Crippen molar-refractivity contribution in [2.75, 3.05) is 6.61 Å². The molecule has 20 heavy (non-hydrogen) atoms. The Balaban J connectivity index is 1.97. The molecular weight excluding hydrogens is 359 g/mol. The van der Waals surface area contributed by atoms with Crippen molar-refractivity contribution in [2.24, 2.45) is 0 Å². The van der Waals surface area contributed by atoms with Gasteiger partial charge < -0.3 is 4.74 Å². The molecule has 0 saturated carbocycles. The second-order valence-electron chi connectivity index (χ2n) is 4.85. The van der Waals surface area contributed by atoms with Gasteiger partial charge in [0.25, 0.3) is 0 Å². The van der Waals surface area contributed by atoms with E-state index in [1.165, 1.54) is 11.1 Å². The molecule has 0 bridgehead atoms. The molecule has 0 fully saturated rings. The summed E-state index contributed by atoms with van der Waals surface area (Å²) >= 11 is 16.1. The van der Waals surface area contributed by atoms with Crippen LogP contribution in [0.2, 0.25) is 10.0 Å². The highest BCUT2D eigenvalue weighted by molar-refractivity contribution is 9.09. The van der Waals surface area contributed by atoms with Gasteiger partial charge in [0, 0.05) is 10.0 Å². The molecule has 0 aliphatic carbocycles. The number of alkyl halides is 1. The third-order valence-corrected chi connectivity index (χ3v) is 5.06. The summed E-state index contributed by atoms with van der Waals surface area (Å²) in [5.41, 5.74) is 3.41. The van der Waals surface area contributed by atoms with Crippen LogP contribution in [0.4, 0.5) is 0 Å². The number of halogens is 3. The van der Waals surface area contributed by atoms with Crippen molar-refractivity contribution in [3.63, 3.8) is 0 Å². The lowest BCUT2D eigenvalue weighted by molar-refractivity contribution is 0.288. The van der Waals surface area contributed by atoms with Crippen LogP contribution in [0.3, 0.4) is 0 Å². The molecule has 1 aliphatic rings. The van der Waals surface area contributed by atoms with Crippen molar-refractivity contribution >= 4 is 39.1 Å². The van der Waals surface area contributed by atoms with E-state index in [4.69, 9.17) is 27.9 Å². The van der Waals surface area contributed by atoms with Gasteiger partial charge in [0.05, 0.1) is 11.4 Å². The number of ether oxygens (including phenoxy) is 1. The van der Waals surface area contributed by atoms with Crippen molar-refractivity contribution in [1.29, 1.82) is 0 Å². The van der Waals surface area contributed by atoms with Crippen LogP contribution in [0.1, 0.15) is 27.9 Å². The summed E-state index contributed by atoms with van der Waals surface area (Å²) in [7, 11) is 0. The second-order valence-corrected chi connectivity index (χ2v) is 6.61. The van der Waals surface area contributed by atoms with E-state index in [0.717, 1.165) is 30.8 Å². The van der Waals surface area contributed by atoms with E-state index in [1.807, 2.05) is 18.2 Å². The Labute approximate surface area is 137 Å². The third kappa shape index (κ3) is 2.83. The lowest BCUT2D eigenvalue weighted by Crippen LogP contribution is -2.09. The molecule has 1 aliphatic heterocycles. The molecule has 0 spiro atoms. The van der Waals surface area contributed by atoms with Gasteiger partial charge in [-0.15, -0.1) is 0 Å². The molecule has 1 unspecified atom stereocenters. The molecule has 1 heterocycles. The van der Waals surface area contributed by atoms with Gasteiger partial charge in [0.15, 0.2) is 0 Å². The number of benzene rings is 2. The Morgan fingerprint density at radius 2 is 1.95 bits per heavy atom. The van der Waals surface area contributed by atoms with Crippen molar-refractivity contribution in [3.8, 4) is 5.75 Å². The second kappa shape index (κ2) is 5.97. The normalized spacial score (nSPS) is 15.3. The largest absolute Gasteiger partial charge is 0.493 e. The maximum Gasteiger partial charge on any atom is 0.122 e.